The molecule has 1 unspecified atom stereocenters. The second-order valence-electron chi connectivity index (χ2n) is 4.10. The number of amides is 1. The van der Waals surface area contributed by atoms with Crippen molar-refractivity contribution in [2.24, 2.45) is 5.73 Å². The summed E-state index contributed by atoms with van der Waals surface area (Å²) in [5.41, 5.74) is 7.24. The van der Waals surface area contributed by atoms with Gasteiger partial charge in [0.05, 0.1) is 18.8 Å². The fraction of sp³-hybridized carbons (Fsp3) is 0.214. The van der Waals surface area contributed by atoms with Gasteiger partial charge >= 0.3 is 0 Å². The van der Waals surface area contributed by atoms with Crippen LogP contribution < -0.4 is 11.1 Å². The minimum atomic E-state index is -0.167. The summed E-state index contributed by atoms with van der Waals surface area (Å²) in [6.07, 6.45) is 1.46. The molecule has 0 spiro atoms. The van der Waals surface area contributed by atoms with Crippen molar-refractivity contribution in [1.29, 1.82) is 0 Å². The van der Waals surface area contributed by atoms with Crippen LogP contribution in [-0.4, -0.2) is 22.0 Å². The van der Waals surface area contributed by atoms with E-state index in [1.807, 2.05) is 31.2 Å². The molecule has 1 heterocycles. The molecule has 0 saturated heterocycles. The lowest BCUT2D eigenvalue weighted by atomic mass is 10.1. The number of nitrogens with two attached hydrogens (primary N) is 1. The van der Waals surface area contributed by atoms with Gasteiger partial charge in [0, 0.05) is 5.56 Å². The van der Waals surface area contributed by atoms with Crippen LogP contribution in [0, 0.1) is 11.8 Å². The molecule has 0 saturated carbocycles. The topological polar surface area (TPSA) is 80.9 Å². The SMILES string of the molecule is CC(NC(=O)c1cnns1)c1ccc(C#CCN)cc1. The number of hydrogen-bond donors (Lipinski definition) is 2. The van der Waals surface area contributed by atoms with Gasteiger partial charge < -0.3 is 11.1 Å². The molecule has 2 aromatic rings. The van der Waals surface area contributed by atoms with Crippen molar-refractivity contribution in [3.05, 3.63) is 46.5 Å². The molecule has 0 aliphatic carbocycles. The number of carbonyl (C=O) groups is 1. The van der Waals surface area contributed by atoms with Gasteiger partial charge in [-0.1, -0.05) is 28.5 Å². The van der Waals surface area contributed by atoms with Crippen molar-refractivity contribution in [1.82, 2.24) is 14.9 Å². The maximum absolute atomic E-state index is 11.9. The van der Waals surface area contributed by atoms with Crippen LogP contribution in [0.1, 0.15) is 33.8 Å². The predicted molar refractivity (Wildman–Crippen MR) is 78.2 cm³/mol. The molecule has 0 fully saturated rings. The number of nitrogens with zero attached hydrogens (tertiary/aromatic N) is 2. The zero-order chi connectivity index (χ0) is 14.4. The number of aromatic nitrogens is 2. The Hall–Kier alpha value is -2.23. The first-order valence-electron chi connectivity index (χ1n) is 6.08. The molecule has 3 N–H and O–H groups in total. The van der Waals surface area contributed by atoms with E-state index in [0.717, 1.165) is 22.7 Å². The van der Waals surface area contributed by atoms with E-state index in [2.05, 4.69) is 26.7 Å². The largest absolute Gasteiger partial charge is 0.345 e. The maximum atomic E-state index is 11.9. The lowest BCUT2D eigenvalue weighted by Gasteiger charge is -2.13. The molecule has 1 aromatic heterocycles. The molecule has 1 aromatic carbocycles. The molecule has 0 bridgehead atoms. The van der Waals surface area contributed by atoms with Gasteiger partial charge in [-0.3, -0.25) is 4.79 Å². The second kappa shape index (κ2) is 6.80. The predicted octanol–water partition coefficient (Wildman–Crippen LogP) is 1.34. The van der Waals surface area contributed by atoms with Gasteiger partial charge in [-0.25, -0.2) is 0 Å². The van der Waals surface area contributed by atoms with Gasteiger partial charge in [0.25, 0.3) is 5.91 Å². The summed E-state index contributed by atoms with van der Waals surface area (Å²) >= 11 is 1.08. The molecule has 20 heavy (non-hydrogen) atoms. The Kier molecular flexibility index (Phi) is 4.82. The Balaban J connectivity index is 2.02. The monoisotopic (exact) mass is 286 g/mol. The zero-order valence-corrected chi connectivity index (χ0v) is 11.8. The summed E-state index contributed by atoms with van der Waals surface area (Å²) in [4.78, 5) is 12.4. The highest BCUT2D eigenvalue weighted by Crippen LogP contribution is 2.14. The molecular formula is C14H14N4OS. The standard InChI is InChI=1S/C14H14N4OS/c1-10(17-14(19)13-9-16-18-20-13)12-6-4-11(5-7-12)3-2-8-15/h4-7,9-10H,8,15H2,1H3,(H,17,19). The minimum Gasteiger partial charge on any atom is -0.345 e. The highest BCUT2D eigenvalue weighted by atomic mass is 32.1. The summed E-state index contributed by atoms with van der Waals surface area (Å²) in [6.45, 7) is 2.27. The van der Waals surface area contributed by atoms with Crippen molar-refractivity contribution in [3.63, 3.8) is 0 Å². The average Bonchev–Trinajstić information content (AvgIpc) is 3.00. The van der Waals surface area contributed by atoms with E-state index in [1.54, 1.807) is 0 Å². The molecule has 1 amide bonds. The Labute approximate surface area is 121 Å². The average molecular weight is 286 g/mol. The molecule has 2 rings (SSSR count). The number of nitrogens with one attached hydrogen (secondary N) is 1. The molecule has 102 valence electrons. The smallest absolute Gasteiger partial charge is 0.265 e. The summed E-state index contributed by atoms with van der Waals surface area (Å²) in [5.74, 6) is 5.59. The van der Waals surface area contributed by atoms with E-state index in [9.17, 15) is 4.79 Å². The normalized spacial score (nSPS) is 11.3. The van der Waals surface area contributed by atoms with E-state index in [0.29, 0.717) is 11.4 Å². The Morgan fingerprint density at radius 1 is 1.45 bits per heavy atom. The Morgan fingerprint density at radius 2 is 2.20 bits per heavy atom. The first kappa shape index (κ1) is 14.2. The van der Waals surface area contributed by atoms with E-state index >= 15 is 0 Å². The van der Waals surface area contributed by atoms with Crippen LogP contribution in [-0.2, 0) is 0 Å². The highest BCUT2D eigenvalue weighted by Gasteiger charge is 2.13. The van der Waals surface area contributed by atoms with Crippen molar-refractivity contribution in [2.45, 2.75) is 13.0 Å². The van der Waals surface area contributed by atoms with E-state index in [4.69, 9.17) is 5.73 Å². The molecule has 0 aliphatic heterocycles. The quantitative estimate of drug-likeness (QED) is 0.834. The molecule has 1 atom stereocenters. The maximum Gasteiger partial charge on any atom is 0.265 e. The van der Waals surface area contributed by atoms with Crippen LogP contribution in [0.15, 0.2) is 30.5 Å². The first-order valence-corrected chi connectivity index (χ1v) is 6.85. The summed E-state index contributed by atoms with van der Waals surface area (Å²) < 4.78 is 3.67. The van der Waals surface area contributed by atoms with Crippen molar-refractivity contribution >= 4 is 17.4 Å². The molecular weight excluding hydrogens is 272 g/mol. The van der Waals surface area contributed by atoms with Gasteiger partial charge in [-0.2, -0.15) is 0 Å². The van der Waals surface area contributed by atoms with Gasteiger partial charge in [-0.05, 0) is 36.2 Å². The van der Waals surface area contributed by atoms with Gasteiger partial charge in [0.15, 0.2) is 0 Å². The van der Waals surface area contributed by atoms with Crippen molar-refractivity contribution in [3.8, 4) is 11.8 Å². The third-order valence-electron chi connectivity index (χ3n) is 2.68. The van der Waals surface area contributed by atoms with Gasteiger partial charge in [-0.15, -0.1) is 5.10 Å². The third kappa shape index (κ3) is 3.63. The number of benzene rings is 1. The van der Waals surface area contributed by atoms with Gasteiger partial charge in [0.2, 0.25) is 0 Å². The van der Waals surface area contributed by atoms with E-state index in [1.165, 1.54) is 6.20 Å². The van der Waals surface area contributed by atoms with Crippen LogP contribution in [0.4, 0.5) is 0 Å². The van der Waals surface area contributed by atoms with Crippen LogP contribution in [0.25, 0.3) is 0 Å². The summed E-state index contributed by atoms with van der Waals surface area (Å²) in [6, 6.07) is 7.61. The molecule has 6 heteroatoms. The Morgan fingerprint density at radius 3 is 2.80 bits per heavy atom. The number of carbonyl (C=O) groups excluding carboxylic acids is 1. The van der Waals surface area contributed by atoms with E-state index < -0.39 is 0 Å². The number of hydrogen-bond acceptors (Lipinski definition) is 5. The Bertz CT molecular complexity index is 625. The van der Waals surface area contributed by atoms with E-state index in [-0.39, 0.29) is 11.9 Å². The van der Waals surface area contributed by atoms with Crippen LogP contribution in [0.5, 0.6) is 0 Å². The van der Waals surface area contributed by atoms with Gasteiger partial charge in [0.1, 0.15) is 4.88 Å². The lowest BCUT2D eigenvalue weighted by Crippen LogP contribution is -2.25. The fourth-order valence-electron chi connectivity index (χ4n) is 1.63. The highest BCUT2D eigenvalue weighted by molar-refractivity contribution is 7.07. The molecule has 0 radical (unpaired) electrons. The zero-order valence-electron chi connectivity index (χ0n) is 11.0. The lowest BCUT2D eigenvalue weighted by molar-refractivity contribution is 0.0944. The summed E-state index contributed by atoms with van der Waals surface area (Å²) in [7, 11) is 0. The summed E-state index contributed by atoms with van der Waals surface area (Å²) in [5, 5.41) is 6.54. The van der Waals surface area contributed by atoms with Crippen molar-refractivity contribution in [2.75, 3.05) is 6.54 Å². The minimum absolute atomic E-state index is 0.0962. The van der Waals surface area contributed by atoms with Crippen LogP contribution >= 0.6 is 11.5 Å². The molecule has 5 nitrogen and oxygen atoms in total. The first-order chi connectivity index (χ1) is 9.70. The van der Waals surface area contributed by atoms with Crippen molar-refractivity contribution < 1.29 is 4.79 Å². The second-order valence-corrected chi connectivity index (χ2v) is 4.89. The van der Waals surface area contributed by atoms with Crippen LogP contribution in [0.2, 0.25) is 0 Å². The third-order valence-corrected chi connectivity index (χ3v) is 3.34. The molecule has 0 aliphatic rings. The fourth-order valence-corrected chi connectivity index (χ4v) is 2.04. The number of rotatable bonds is 3. The van der Waals surface area contributed by atoms with Crippen LogP contribution in [0.3, 0.4) is 0 Å².